The van der Waals surface area contributed by atoms with Gasteiger partial charge in [0, 0.05) is 11.6 Å². The highest BCUT2D eigenvalue weighted by Gasteiger charge is 2.07. The van der Waals surface area contributed by atoms with Gasteiger partial charge < -0.3 is 20.4 Å². The summed E-state index contributed by atoms with van der Waals surface area (Å²) in [5, 5.41) is 38.6. The molecule has 0 atom stereocenters. The van der Waals surface area contributed by atoms with Crippen LogP contribution in [-0.4, -0.2) is 20.4 Å². The van der Waals surface area contributed by atoms with Crippen molar-refractivity contribution < 1.29 is 20.4 Å². The predicted octanol–water partition coefficient (Wildman–Crippen LogP) is 3.63. The van der Waals surface area contributed by atoms with Crippen molar-refractivity contribution in [1.29, 1.82) is 0 Å². The molecule has 4 heteroatoms. The number of rotatable bonds is 4. The Morgan fingerprint density at radius 3 is 1.71 bits per heavy atom. The molecule has 0 radical (unpaired) electrons. The molecule has 0 saturated heterocycles. The lowest BCUT2D eigenvalue weighted by atomic mass is 10.0. The van der Waals surface area contributed by atoms with Crippen molar-refractivity contribution in [3.05, 3.63) is 47.0 Å². The number of hydrogen-bond donors (Lipinski definition) is 4. The number of aromatic hydroxyl groups is 4. The minimum Gasteiger partial charge on any atom is -0.508 e. The first-order chi connectivity index (χ1) is 9.99. The largest absolute Gasteiger partial charge is 0.508 e. The third-order valence-electron chi connectivity index (χ3n) is 3.12. The van der Waals surface area contributed by atoms with Gasteiger partial charge in [-0.2, -0.15) is 0 Å². The lowest BCUT2D eigenvalue weighted by Crippen LogP contribution is -1.87. The molecule has 0 heterocycles. The molecule has 0 amide bonds. The van der Waals surface area contributed by atoms with Crippen LogP contribution < -0.4 is 0 Å². The van der Waals surface area contributed by atoms with Gasteiger partial charge >= 0.3 is 0 Å². The summed E-state index contributed by atoms with van der Waals surface area (Å²) in [6, 6.07) is 7.39. The van der Waals surface area contributed by atoms with Crippen molar-refractivity contribution in [3.63, 3.8) is 0 Å². The summed E-state index contributed by atoms with van der Waals surface area (Å²) in [7, 11) is 0. The van der Waals surface area contributed by atoms with Crippen molar-refractivity contribution in [3.8, 4) is 23.0 Å². The zero-order valence-corrected chi connectivity index (χ0v) is 11.7. The Labute approximate surface area is 123 Å². The summed E-state index contributed by atoms with van der Waals surface area (Å²) in [5.74, 6) is 0.0720. The van der Waals surface area contributed by atoms with Crippen molar-refractivity contribution in [1.82, 2.24) is 0 Å². The summed E-state index contributed by atoms with van der Waals surface area (Å²) in [6.07, 6.45) is 4.80. The van der Waals surface area contributed by atoms with E-state index in [0.29, 0.717) is 23.1 Å². The van der Waals surface area contributed by atoms with E-state index < -0.39 is 0 Å². The van der Waals surface area contributed by atoms with Crippen LogP contribution in [0, 0.1) is 0 Å². The normalized spacial score (nSPS) is 11.1. The number of phenols is 4. The first kappa shape index (κ1) is 14.8. The van der Waals surface area contributed by atoms with Crippen molar-refractivity contribution >= 4 is 12.2 Å². The van der Waals surface area contributed by atoms with E-state index in [4.69, 9.17) is 0 Å². The molecule has 0 fully saturated rings. The quantitative estimate of drug-likeness (QED) is 0.647. The van der Waals surface area contributed by atoms with Crippen LogP contribution in [-0.2, 0) is 6.42 Å². The molecule has 21 heavy (non-hydrogen) atoms. The molecule has 2 aromatic carbocycles. The summed E-state index contributed by atoms with van der Waals surface area (Å²) in [4.78, 5) is 0. The second-order valence-corrected chi connectivity index (χ2v) is 4.90. The van der Waals surface area contributed by atoms with E-state index in [0.717, 1.165) is 6.42 Å². The maximum Gasteiger partial charge on any atom is 0.123 e. The minimum atomic E-state index is -0.0290. The smallest absolute Gasteiger partial charge is 0.123 e. The van der Waals surface area contributed by atoms with E-state index in [9.17, 15) is 20.4 Å². The van der Waals surface area contributed by atoms with Gasteiger partial charge in [0.2, 0.25) is 0 Å². The molecule has 4 nitrogen and oxygen atoms in total. The fourth-order valence-electron chi connectivity index (χ4n) is 2.17. The highest BCUT2D eigenvalue weighted by molar-refractivity contribution is 5.72. The first-order valence-corrected chi connectivity index (χ1v) is 6.75. The Morgan fingerprint density at radius 1 is 0.762 bits per heavy atom. The van der Waals surface area contributed by atoms with E-state index in [2.05, 4.69) is 0 Å². The SMILES string of the molecule is CCCc1c(O)cc(C=Cc2cc(O)cc(O)c2)cc1O. The molecule has 4 N–H and O–H groups in total. The molecule has 0 saturated carbocycles. The van der Waals surface area contributed by atoms with Gasteiger partial charge in [0.25, 0.3) is 0 Å². The van der Waals surface area contributed by atoms with Gasteiger partial charge in [0.1, 0.15) is 23.0 Å². The van der Waals surface area contributed by atoms with Crippen molar-refractivity contribution in [2.45, 2.75) is 19.8 Å². The fourth-order valence-corrected chi connectivity index (χ4v) is 2.17. The minimum absolute atomic E-state index is 0.0290. The predicted molar refractivity (Wildman–Crippen MR) is 82.5 cm³/mol. The standard InChI is InChI=1S/C17H18O4/c1-2-3-15-16(20)8-12(9-17(15)21)5-4-11-6-13(18)10-14(19)7-11/h4-10,18-21H,2-3H2,1H3. The maximum atomic E-state index is 9.91. The van der Waals surface area contributed by atoms with Crippen LogP contribution in [0.5, 0.6) is 23.0 Å². The highest BCUT2D eigenvalue weighted by Crippen LogP contribution is 2.31. The van der Waals surface area contributed by atoms with Crippen LogP contribution >= 0.6 is 0 Å². The van der Waals surface area contributed by atoms with E-state index in [-0.39, 0.29) is 23.0 Å². The lowest BCUT2D eigenvalue weighted by molar-refractivity contribution is 0.437. The lowest BCUT2D eigenvalue weighted by Gasteiger charge is -2.07. The monoisotopic (exact) mass is 286 g/mol. The molecule has 110 valence electrons. The molecule has 0 bridgehead atoms. The van der Waals surface area contributed by atoms with Gasteiger partial charge in [0.15, 0.2) is 0 Å². The molecule has 2 aromatic rings. The van der Waals surface area contributed by atoms with Crippen molar-refractivity contribution in [2.24, 2.45) is 0 Å². The summed E-state index contributed by atoms with van der Waals surface area (Å²) >= 11 is 0. The Balaban J connectivity index is 2.29. The van der Waals surface area contributed by atoms with Gasteiger partial charge in [-0.05, 0) is 41.8 Å². The molecule has 0 aromatic heterocycles. The highest BCUT2D eigenvalue weighted by atomic mass is 16.3. The second kappa shape index (κ2) is 6.22. The Hall–Kier alpha value is -2.62. The van der Waals surface area contributed by atoms with Crippen LogP contribution in [0.4, 0.5) is 0 Å². The van der Waals surface area contributed by atoms with E-state index in [1.54, 1.807) is 24.3 Å². The van der Waals surface area contributed by atoms with Crippen LogP contribution in [0.3, 0.4) is 0 Å². The molecule has 0 aliphatic heterocycles. The zero-order chi connectivity index (χ0) is 15.4. The van der Waals surface area contributed by atoms with Crippen LogP contribution in [0.2, 0.25) is 0 Å². The second-order valence-electron chi connectivity index (χ2n) is 4.90. The van der Waals surface area contributed by atoms with Crippen LogP contribution in [0.25, 0.3) is 12.2 Å². The molecule has 0 aliphatic rings. The number of phenolic OH excluding ortho intramolecular Hbond substituents is 4. The molecule has 0 aliphatic carbocycles. The summed E-state index contributed by atoms with van der Waals surface area (Å²) < 4.78 is 0. The van der Waals surface area contributed by atoms with E-state index >= 15 is 0 Å². The first-order valence-electron chi connectivity index (χ1n) is 6.75. The third-order valence-corrected chi connectivity index (χ3v) is 3.12. The summed E-state index contributed by atoms with van der Waals surface area (Å²) in [5.41, 5.74) is 1.79. The maximum absolute atomic E-state index is 9.91. The number of benzene rings is 2. The van der Waals surface area contributed by atoms with Gasteiger partial charge in [0.05, 0.1) is 0 Å². The Kier molecular flexibility index (Phi) is 4.38. The van der Waals surface area contributed by atoms with Crippen LogP contribution in [0.15, 0.2) is 30.3 Å². The third kappa shape index (κ3) is 3.69. The van der Waals surface area contributed by atoms with E-state index in [1.165, 1.54) is 18.2 Å². The molecule has 2 rings (SSSR count). The summed E-state index contributed by atoms with van der Waals surface area (Å²) in [6.45, 7) is 1.97. The van der Waals surface area contributed by atoms with Crippen LogP contribution in [0.1, 0.15) is 30.0 Å². The zero-order valence-electron chi connectivity index (χ0n) is 11.7. The van der Waals surface area contributed by atoms with Gasteiger partial charge in [-0.25, -0.2) is 0 Å². The van der Waals surface area contributed by atoms with Gasteiger partial charge in [-0.3, -0.25) is 0 Å². The topological polar surface area (TPSA) is 80.9 Å². The molecule has 0 unspecified atom stereocenters. The fraction of sp³-hybridized carbons (Fsp3) is 0.176. The molecular formula is C17H18O4. The average Bonchev–Trinajstić information content (AvgIpc) is 2.39. The Morgan fingerprint density at radius 2 is 1.24 bits per heavy atom. The van der Waals surface area contributed by atoms with Gasteiger partial charge in [-0.15, -0.1) is 0 Å². The average molecular weight is 286 g/mol. The number of hydrogen-bond acceptors (Lipinski definition) is 4. The Bertz CT molecular complexity index is 631. The molecule has 0 spiro atoms. The molecular weight excluding hydrogens is 268 g/mol. The van der Waals surface area contributed by atoms with Crippen molar-refractivity contribution in [2.75, 3.05) is 0 Å². The van der Waals surface area contributed by atoms with Gasteiger partial charge in [-0.1, -0.05) is 25.5 Å². The van der Waals surface area contributed by atoms with E-state index in [1.807, 2.05) is 6.92 Å².